The highest BCUT2D eigenvalue weighted by Gasteiger charge is 2.30. The number of methoxy groups -OCH3 is 1. The molecule has 1 saturated carbocycles. The van der Waals surface area contributed by atoms with E-state index < -0.39 is 5.60 Å². The summed E-state index contributed by atoms with van der Waals surface area (Å²) in [4.78, 5) is 11.9. The first-order valence-electron chi connectivity index (χ1n) is 6.36. The van der Waals surface area contributed by atoms with Gasteiger partial charge in [-0.05, 0) is 32.6 Å². The van der Waals surface area contributed by atoms with Gasteiger partial charge in [-0.2, -0.15) is 0 Å². The molecule has 0 N–H and O–H groups in total. The predicted octanol–water partition coefficient (Wildman–Crippen LogP) is 2.88. The first-order chi connectivity index (χ1) is 8.06. The van der Waals surface area contributed by atoms with E-state index in [2.05, 4.69) is 0 Å². The monoisotopic (exact) mass is 260 g/mol. The van der Waals surface area contributed by atoms with Gasteiger partial charge in [0.15, 0.2) is 0 Å². The SMILES string of the molecule is COCCSC(=O)C(C)(C)OCC1CCCC1. The van der Waals surface area contributed by atoms with Crippen molar-refractivity contribution in [2.45, 2.75) is 45.1 Å². The second-order valence-corrected chi connectivity index (χ2v) is 6.17. The van der Waals surface area contributed by atoms with Gasteiger partial charge in [0.2, 0.25) is 5.12 Å². The maximum atomic E-state index is 11.9. The fraction of sp³-hybridized carbons (Fsp3) is 0.923. The molecule has 3 nitrogen and oxygen atoms in total. The predicted molar refractivity (Wildman–Crippen MR) is 71.3 cm³/mol. The van der Waals surface area contributed by atoms with Crippen LogP contribution in [0, 0.1) is 5.92 Å². The number of hydrogen-bond donors (Lipinski definition) is 0. The lowest BCUT2D eigenvalue weighted by Crippen LogP contribution is -2.35. The zero-order valence-corrected chi connectivity index (χ0v) is 12.0. The van der Waals surface area contributed by atoms with Gasteiger partial charge in [-0.3, -0.25) is 4.79 Å². The van der Waals surface area contributed by atoms with E-state index >= 15 is 0 Å². The zero-order chi connectivity index (χ0) is 12.7. The third-order valence-corrected chi connectivity index (χ3v) is 4.29. The number of hydrogen-bond acceptors (Lipinski definition) is 4. The first kappa shape index (κ1) is 15.0. The number of thioether (sulfide) groups is 1. The van der Waals surface area contributed by atoms with E-state index in [0.29, 0.717) is 18.3 Å². The van der Waals surface area contributed by atoms with Crippen LogP contribution in [0.5, 0.6) is 0 Å². The second kappa shape index (κ2) is 7.39. The molecule has 0 aliphatic heterocycles. The third kappa shape index (κ3) is 5.40. The summed E-state index contributed by atoms with van der Waals surface area (Å²) < 4.78 is 10.7. The summed E-state index contributed by atoms with van der Waals surface area (Å²) in [5.41, 5.74) is -0.666. The van der Waals surface area contributed by atoms with Crippen molar-refractivity contribution in [3.8, 4) is 0 Å². The average molecular weight is 260 g/mol. The molecule has 0 heterocycles. The average Bonchev–Trinajstić information content (AvgIpc) is 2.79. The quantitative estimate of drug-likeness (QED) is 0.659. The van der Waals surface area contributed by atoms with Crippen LogP contribution in [0.15, 0.2) is 0 Å². The van der Waals surface area contributed by atoms with Gasteiger partial charge in [-0.15, -0.1) is 0 Å². The van der Waals surface area contributed by atoms with E-state index in [1.54, 1.807) is 7.11 Å². The molecule has 1 rings (SSSR count). The standard InChI is InChI=1S/C13H24O3S/c1-13(2,12(14)17-9-8-15-3)16-10-11-6-4-5-7-11/h11H,4-10H2,1-3H3. The van der Waals surface area contributed by atoms with Crippen LogP contribution in [-0.4, -0.2) is 36.8 Å². The molecule has 0 aromatic rings. The zero-order valence-electron chi connectivity index (χ0n) is 11.2. The molecule has 1 fully saturated rings. The summed E-state index contributed by atoms with van der Waals surface area (Å²) in [6.45, 7) is 5.06. The summed E-state index contributed by atoms with van der Waals surface area (Å²) in [6.07, 6.45) is 5.12. The smallest absolute Gasteiger partial charge is 0.220 e. The van der Waals surface area contributed by atoms with Gasteiger partial charge >= 0.3 is 0 Å². The Labute approximate surface area is 109 Å². The fourth-order valence-electron chi connectivity index (χ4n) is 1.95. The Bertz CT molecular complexity index is 235. The molecule has 0 spiro atoms. The Morgan fingerprint density at radius 3 is 2.59 bits per heavy atom. The molecule has 0 atom stereocenters. The van der Waals surface area contributed by atoms with Crippen LogP contribution >= 0.6 is 11.8 Å². The lowest BCUT2D eigenvalue weighted by molar-refractivity contribution is -0.132. The maximum Gasteiger partial charge on any atom is 0.220 e. The summed E-state index contributed by atoms with van der Waals surface area (Å²) >= 11 is 1.30. The first-order valence-corrected chi connectivity index (χ1v) is 7.35. The Morgan fingerprint density at radius 2 is 2.00 bits per heavy atom. The Morgan fingerprint density at radius 1 is 1.35 bits per heavy atom. The fourth-order valence-corrected chi connectivity index (χ4v) is 2.80. The Kier molecular flexibility index (Phi) is 6.52. The van der Waals surface area contributed by atoms with Gasteiger partial charge in [0.25, 0.3) is 0 Å². The highest BCUT2D eigenvalue weighted by Crippen LogP contribution is 2.27. The van der Waals surface area contributed by atoms with E-state index in [4.69, 9.17) is 9.47 Å². The highest BCUT2D eigenvalue weighted by atomic mass is 32.2. The normalized spacial score (nSPS) is 17.6. The summed E-state index contributed by atoms with van der Waals surface area (Å²) in [5.74, 6) is 1.36. The summed E-state index contributed by atoms with van der Waals surface area (Å²) in [5, 5.41) is 0.104. The van der Waals surface area contributed by atoms with Crippen molar-refractivity contribution < 1.29 is 14.3 Å². The van der Waals surface area contributed by atoms with Crippen LogP contribution in [0.25, 0.3) is 0 Å². The molecule has 1 aliphatic carbocycles. The number of carbonyl (C=O) groups excluding carboxylic acids is 1. The molecule has 4 heteroatoms. The lowest BCUT2D eigenvalue weighted by Gasteiger charge is -2.25. The molecular formula is C13H24O3S. The van der Waals surface area contributed by atoms with Crippen molar-refractivity contribution in [3.05, 3.63) is 0 Å². The summed E-state index contributed by atoms with van der Waals surface area (Å²) in [7, 11) is 1.65. The van der Waals surface area contributed by atoms with Crippen LogP contribution in [0.3, 0.4) is 0 Å². The minimum absolute atomic E-state index is 0.104. The second-order valence-electron chi connectivity index (χ2n) is 5.10. The minimum Gasteiger partial charge on any atom is -0.384 e. The molecule has 100 valence electrons. The Balaban J connectivity index is 2.25. The van der Waals surface area contributed by atoms with Crippen LogP contribution in [0.4, 0.5) is 0 Å². The minimum atomic E-state index is -0.666. The van der Waals surface area contributed by atoms with E-state index in [1.807, 2.05) is 13.8 Å². The van der Waals surface area contributed by atoms with Crippen molar-refractivity contribution >= 4 is 16.9 Å². The van der Waals surface area contributed by atoms with Crippen molar-refractivity contribution in [2.75, 3.05) is 26.1 Å². The van der Waals surface area contributed by atoms with Crippen LogP contribution in [0.1, 0.15) is 39.5 Å². The molecule has 0 aromatic carbocycles. The lowest BCUT2D eigenvalue weighted by atomic mass is 10.1. The van der Waals surface area contributed by atoms with E-state index in [-0.39, 0.29) is 5.12 Å². The van der Waals surface area contributed by atoms with Gasteiger partial charge in [-0.25, -0.2) is 0 Å². The van der Waals surface area contributed by atoms with E-state index in [9.17, 15) is 4.79 Å². The highest BCUT2D eigenvalue weighted by molar-refractivity contribution is 8.13. The van der Waals surface area contributed by atoms with Crippen molar-refractivity contribution in [1.82, 2.24) is 0 Å². The molecule has 1 aliphatic rings. The van der Waals surface area contributed by atoms with Crippen LogP contribution < -0.4 is 0 Å². The van der Waals surface area contributed by atoms with E-state index in [0.717, 1.165) is 6.61 Å². The largest absolute Gasteiger partial charge is 0.384 e. The number of rotatable bonds is 7. The molecule has 0 radical (unpaired) electrons. The van der Waals surface area contributed by atoms with Crippen molar-refractivity contribution in [1.29, 1.82) is 0 Å². The van der Waals surface area contributed by atoms with Gasteiger partial charge in [0.1, 0.15) is 5.60 Å². The maximum absolute atomic E-state index is 11.9. The molecular weight excluding hydrogens is 236 g/mol. The van der Waals surface area contributed by atoms with Gasteiger partial charge in [-0.1, -0.05) is 24.6 Å². The molecule has 0 aromatic heterocycles. The van der Waals surface area contributed by atoms with Gasteiger partial charge in [0.05, 0.1) is 13.2 Å². The van der Waals surface area contributed by atoms with Crippen LogP contribution in [-0.2, 0) is 14.3 Å². The van der Waals surface area contributed by atoms with Gasteiger partial charge in [0, 0.05) is 12.9 Å². The number of ether oxygens (including phenoxy) is 2. The molecule has 0 unspecified atom stereocenters. The Hall–Kier alpha value is -0.0600. The topological polar surface area (TPSA) is 35.5 Å². The molecule has 0 bridgehead atoms. The van der Waals surface area contributed by atoms with E-state index in [1.165, 1.54) is 37.4 Å². The van der Waals surface area contributed by atoms with Crippen molar-refractivity contribution in [3.63, 3.8) is 0 Å². The van der Waals surface area contributed by atoms with Crippen LogP contribution in [0.2, 0.25) is 0 Å². The van der Waals surface area contributed by atoms with Gasteiger partial charge < -0.3 is 9.47 Å². The third-order valence-electron chi connectivity index (χ3n) is 3.17. The molecule has 0 saturated heterocycles. The number of carbonyl (C=O) groups is 1. The molecule has 0 amide bonds. The molecule has 17 heavy (non-hydrogen) atoms. The van der Waals surface area contributed by atoms with Crippen molar-refractivity contribution in [2.24, 2.45) is 5.92 Å². The summed E-state index contributed by atoms with van der Waals surface area (Å²) in [6, 6.07) is 0.